The van der Waals surface area contributed by atoms with E-state index in [1.165, 1.54) is 12.1 Å². The normalized spacial score (nSPS) is 11.1. The Kier molecular flexibility index (Phi) is 3.76. The number of para-hydroxylation sites is 1. The SMILES string of the molecule is O=[N+]([O-])c1ccc(F)c(NS(=O)(=O)c2ccccc2O)c1. The maximum atomic E-state index is 13.6. The van der Waals surface area contributed by atoms with E-state index < -0.39 is 42.8 Å². The van der Waals surface area contributed by atoms with Gasteiger partial charge in [0, 0.05) is 12.1 Å². The van der Waals surface area contributed by atoms with Gasteiger partial charge in [-0.15, -0.1) is 0 Å². The molecule has 2 N–H and O–H groups in total. The predicted molar refractivity (Wildman–Crippen MR) is 72.0 cm³/mol. The Morgan fingerprint density at radius 2 is 1.86 bits per heavy atom. The number of hydrogen-bond acceptors (Lipinski definition) is 5. The minimum Gasteiger partial charge on any atom is -0.507 e. The van der Waals surface area contributed by atoms with E-state index in [0.29, 0.717) is 0 Å². The molecular formula is C12H9FN2O5S. The molecule has 110 valence electrons. The number of nitro benzene ring substituents is 1. The highest BCUT2D eigenvalue weighted by molar-refractivity contribution is 7.92. The second-order valence-electron chi connectivity index (χ2n) is 3.99. The van der Waals surface area contributed by atoms with E-state index in [1.807, 2.05) is 4.72 Å². The van der Waals surface area contributed by atoms with Gasteiger partial charge in [-0.3, -0.25) is 14.8 Å². The molecule has 0 spiro atoms. The molecular weight excluding hydrogens is 303 g/mol. The zero-order valence-electron chi connectivity index (χ0n) is 10.4. The van der Waals surface area contributed by atoms with Crippen LogP contribution in [0.25, 0.3) is 0 Å². The highest BCUT2D eigenvalue weighted by atomic mass is 32.2. The number of phenolic OH excluding ortho intramolecular Hbond substituents is 1. The van der Waals surface area contributed by atoms with Crippen LogP contribution in [-0.4, -0.2) is 18.4 Å². The number of aromatic hydroxyl groups is 1. The van der Waals surface area contributed by atoms with E-state index >= 15 is 0 Å². The molecule has 0 saturated carbocycles. The number of hydrogen-bond donors (Lipinski definition) is 2. The molecule has 0 aliphatic rings. The van der Waals surface area contributed by atoms with E-state index in [2.05, 4.69) is 0 Å². The molecule has 0 aromatic heterocycles. The summed E-state index contributed by atoms with van der Waals surface area (Å²) in [4.78, 5) is 9.38. The van der Waals surface area contributed by atoms with Gasteiger partial charge >= 0.3 is 0 Å². The number of nitrogens with zero attached hydrogens (tertiary/aromatic N) is 1. The number of anilines is 1. The van der Waals surface area contributed by atoms with Crippen molar-refractivity contribution in [2.75, 3.05) is 4.72 Å². The van der Waals surface area contributed by atoms with Crippen molar-refractivity contribution < 1.29 is 22.8 Å². The third-order valence-corrected chi connectivity index (χ3v) is 3.97. The number of non-ortho nitro benzene ring substituents is 1. The van der Waals surface area contributed by atoms with Crippen molar-refractivity contribution in [2.24, 2.45) is 0 Å². The van der Waals surface area contributed by atoms with Crippen LogP contribution in [0, 0.1) is 15.9 Å². The van der Waals surface area contributed by atoms with Crippen LogP contribution in [-0.2, 0) is 10.0 Å². The fraction of sp³-hybridized carbons (Fsp3) is 0. The van der Waals surface area contributed by atoms with E-state index in [1.54, 1.807) is 0 Å². The first-order valence-electron chi connectivity index (χ1n) is 5.56. The summed E-state index contributed by atoms with van der Waals surface area (Å²) in [6, 6.07) is 7.51. The third-order valence-electron chi connectivity index (χ3n) is 2.56. The summed E-state index contributed by atoms with van der Waals surface area (Å²) in [6.45, 7) is 0. The van der Waals surface area contributed by atoms with Crippen molar-refractivity contribution in [3.05, 3.63) is 58.4 Å². The molecule has 0 aliphatic carbocycles. The molecule has 7 nitrogen and oxygen atoms in total. The molecule has 0 radical (unpaired) electrons. The average Bonchev–Trinajstić information content (AvgIpc) is 2.41. The van der Waals surface area contributed by atoms with Gasteiger partial charge in [0.2, 0.25) is 0 Å². The Bertz CT molecular complexity index is 807. The summed E-state index contributed by atoms with van der Waals surface area (Å²) in [5, 5.41) is 20.1. The van der Waals surface area contributed by atoms with Crippen molar-refractivity contribution in [3.63, 3.8) is 0 Å². The lowest BCUT2D eigenvalue weighted by molar-refractivity contribution is -0.384. The van der Waals surface area contributed by atoms with Gasteiger partial charge in [0.05, 0.1) is 10.6 Å². The average molecular weight is 312 g/mol. The molecule has 2 aromatic rings. The zero-order valence-corrected chi connectivity index (χ0v) is 11.2. The molecule has 2 rings (SSSR count). The van der Waals surface area contributed by atoms with Crippen LogP contribution in [0.3, 0.4) is 0 Å². The van der Waals surface area contributed by atoms with E-state index in [9.17, 15) is 28.0 Å². The third kappa shape index (κ3) is 3.08. The molecule has 0 aliphatic heterocycles. The predicted octanol–water partition coefficient (Wildman–Crippen LogP) is 2.24. The highest BCUT2D eigenvalue weighted by Gasteiger charge is 2.21. The van der Waals surface area contributed by atoms with E-state index in [0.717, 1.165) is 30.3 Å². The molecule has 0 amide bonds. The molecule has 0 bridgehead atoms. The Balaban J connectivity index is 2.44. The largest absolute Gasteiger partial charge is 0.507 e. The van der Waals surface area contributed by atoms with Gasteiger partial charge in [0.1, 0.15) is 16.5 Å². The van der Waals surface area contributed by atoms with Crippen molar-refractivity contribution in [3.8, 4) is 5.75 Å². The lowest BCUT2D eigenvalue weighted by Crippen LogP contribution is -2.14. The van der Waals surface area contributed by atoms with Crippen LogP contribution in [0.5, 0.6) is 5.75 Å². The number of rotatable bonds is 4. The molecule has 0 unspecified atom stereocenters. The van der Waals surface area contributed by atoms with Crippen molar-refractivity contribution in [1.29, 1.82) is 0 Å². The van der Waals surface area contributed by atoms with Crippen LogP contribution in [0.2, 0.25) is 0 Å². The molecule has 0 heterocycles. The van der Waals surface area contributed by atoms with Gasteiger partial charge in [-0.2, -0.15) is 0 Å². The molecule has 21 heavy (non-hydrogen) atoms. The number of nitro groups is 1. The van der Waals surface area contributed by atoms with Crippen LogP contribution in [0.1, 0.15) is 0 Å². The fourth-order valence-corrected chi connectivity index (χ4v) is 2.75. The number of benzene rings is 2. The van der Waals surface area contributed by atoms with Gasteiger partial charge in [-0.1, -0.05) is 12.1 Å². The van der Waals surface area contributed by atoms with E-state index in [-0.39, 0.29) is 0 Å². The summed E-state index contributed by atoms with van der Waals surface area (Å²) in [5.74, 6) is -1.49. The highest BCUT2D eigenvalue weighted by Crippen LogP contribution is 2.27. The van der Waals surface area contributed by atoms with Gasteiger partial charge < -0.3 is 5.11 Å². The van der Waals surface area contributed by atoms with Gasteiger partial charge in [-0.25, -0.2) is 12.8 Å². The van der Waals surface area contributed by atoms with Gasteiger partial charge in [-0.05, 0) is 18.2 Å². The number of nitrogens with one attached hydrogen (secondary N) is 1. The second kappa shape index (κ2) is 5.37. The first-order chi connectivity index (χ1) is 9.81. The summed E-state index contributed by atoms with van der Waals surface area (Å²) >= 11 is 0. The molecule has 0 fully saturated rings. The minimum absolute atomic E-state index is 0.462. The monoisotopic (exact) mass is 312 g/mol. The number of phenols is 1. The van der Waals surface area contributed by atoms with Crippen molar-refractivity contribution >= 4 is 21.4 Å². The smallest absolute Gasteiger partial charge is 0.271 e. The van der Waals surface area contributed by atoms with Crippen molar-refractivity contribution in [1.82, 2.24) is 0 Å². The fourth-order valence-electron chi connectivity index (χ4n) is 1.59. The molecule has 2 aromatic carbocycles. The summed E-state index contributed by atoms with van der Waals surface area (Å²) in [7, 11) is -4.27. The van der Waals surface area contributed by atoms with Gasteiger partial charge in [0.25, 0.3) is 15.7 Å². The van der Waals surface area contributed by atoms with Crippen LogP contribution < -0.4 is 4.72 Å². The maximum absolute atomic E-state index is 13.6. The summed E-state index contributed by atoms with van der Waals surface area (Å²) in [5.41, 5.74) is -1.04. The van der Waals surface area contributed by atoms with E-state index in [4.69, 9.17) is 0 Å². The van der Waals surface area contributed by atoms with Crippen LogP contribution >= 0.6 is 0 Å². The van der Waals surface area contributed by atoms with Crippen molar-refractivity contribution in [2.45, 2.75) is 4.90 Å². The summed E-state index contributed by atoms with van der Waals surface area (Å²) in [6.07, 6.45) is 0. The Morgan fingerprint density at radius 1 is 1.19 bits per heavy atom. The van der Waals surface area contributed by atoms with Crippen LogP contribution in [0.4, 0.5) is 15.8 Å². The van der Waals surface area contributed by atoms with Gasteiger partial charge in [0.15, 0.2) is 0 Å². The zero-order chi connectivity index (χ0) is 15.6. The second-order valence-corrected chi connectivity index (χ2v) is 5.65. The maximum Gasteiger partial charge on any atom is 0.271 e. The molecule has 0 saturated heterocycles. The Labute approximate surface area is 118 Å². The first-order valence-corrected chi connectivity index (χ1v) is 7.04. The Morgan fingerprint density at radius 3 is 2.48 bits per heavy atom. The number of halogens is 1. The molecule has 9 heteroatoms. The summed E-state index contributed by atoms with van der Waals surface area (Å²) < 4.78 is 39.5. The first kappa shape index (κ1) is 14.7. The molecule has 0 atom stereocenters. The quantitative estimate of drug-likeness (QED) is 0.664. The number of sulfonamides is 1. The standard InChI is InChI=1S/C12H9FN2O5S/c13-9-6-5-8(15(17)18)7-10(9)14-21(19,20)12-4-2-1-3-11(12)16/h1-7,14,16H. The lowest BCUT2D eigenvalue weighted by atomic mass is 10.3. The Hall–Kier alpha value is -2.68. The topological polar surface area (TPSA) is 110 Å². The lowest BCUT2D eigenvalue weighted by Gasteiger charge is -2.09. The minimum atomic E-state index is -4.27. The van der Waals surface area contributed by atoms with Crippen LogP contribution in [0.15, 0.2) is 47.4 Å².